The molecule has 0 bridgehead atoms. The van der Waals surface area contributed by atoms with Crippen molar-refractivity contribution in [2.75, 3.05) is 5.32 Å². The molecule has 1 aromatic rings. The Kier molecular flexibility index (Phi) is 3.69. The average Bonchev–Trinajstić information content (AvgIpc) is 2.39. The standard InChI is InChI=1S/C14H19BrClNO/c1-13(2)8-12(14(3,4)18-13)17-11-6-5-9(16)7-10(11)15/h5-7,12,17H,8H2,1-4H3. The molecule has 0 radical (unpaired) electrons. The van der Waals surface area contributed by atoms with Gasteiger partial charge >= 0.3 is 0 Å². The Morgan fingerprint density at radius 3 is 2.50 bits per heavy atom. The molecule has 1 aliphatic rings. The maximum absolute atomic E-state index is 6.08. The Bertz CT molecular complexity index is 459. The van der Waals surface area contributed by atoms with Crippen LogP contribution in [-0.4, -0.2) is 17.2 Å². The summed E-state index contributed by atoms with van der Waals surface area (Å²) in [5, 5.41) is 4.28. The highest BCUT2D eigenvalue weighted by Crippen LogP contribution is 2.40. The van der Waals surface area contributed by atoms with E-state index in [2.05, 4.69) is 48.9 Å². The Morgan fingerprint density at radius 1 is 1.33 bits per heavy atom. The van der Waals surface area contributed by atoms with Gasteiger partial charge in [0, 0.05) is 15.2 Å². The van der Waals surface area contributed by atoms with Gasteiger partial charge in [-0.15, -0.1) is 0 Å². The highest BCUT2D eigenvalue weighted by atomic mass is 79.9. The lowest BCUT2D eigenvalue weighted by Gasteiger charge is -2.28. The first-order valence-corrected chi connectivity index (χ1v) is 7.28. The first-order valence-electron chi connectivity index (χ1n) is 6.11. The van der Waals surface area contributed by atoms with Crippen LogP contribution < -0.4 is 5.32 Å². The van der Waals surface area contributed by atoms with E-state index in [0.717, 1.165) is 21.6 Å². The lowest BCUT2D eigenvalue weighted by molar-refractivity contribution is -0.0662. The van der Waals surface area contributed by atoms with Crippen LogP contribution in [-0.2, 0) is 4.74 Å². The molecule has 1 unspecified atom stereocenters. The Hall–Kier alpha value is -0.250. The van der Waals surface area contributed by atoms with Crippen LogP contribution in [0, 0.1) is 0 Å². The lowest BCUT2D eigenvalue weighted by atomic mass is 9.94. The van der Waals surface area contributed by atoms with Crippen LogP contribution in [0.25, 0.3) is 0 Å². The van der Waals surface area contributed by atoms with E-state index in [1.165, 1.54) is 0 Å². The third kappa shape index (κ3) is 3.01. The van der Waals surface area contributed by atoms with E-state index in [9.17, 15) is 0 Å². The van der Waals surface area contributed by atoms with Crippen molar-refractivity contribution in [1.29, 1.82) is 0 Å². The highest BCUT2D eigenvalue weighted by molar-refractivity contribution is 9.10. The summed E-state index contributed by atoms with van der Waals surface area (Å²) in [7, 11) is 0. The molecule has 1 aromatic carbocycles. The number of rotatable bonds is 2. The molecule has 0 aromatic heterocycles. The van der Waals surface area contributed by atoms with Gasteiger partial charge in [0.1, 0.15) is 0 Å². The minimum absolute atomic E-state index is 0.0833. The van der Waals surface area contributed by atoms with Crippen molar-refractivity contribution in [3.63, 3.8) is 0 Å². The molecular weight excluding hydrogens is 314 g/mol. The molecule has 0 spiro atoms. The molecule has 2 nitrogen and oxygen atoms in total. The molecule has 1 heterocycles. The number of ether oxygens (including phenoxy) is 1. The normalized spacial score (nSPS) is 25.1. The monoisotopic (exact) mass is 331 g/mol. The third-order valence-corrected chi connectivity index (χ3v) is 4.23. The van der Waals surface area contributed by atoms with Crippen LogP contribution >= 0.6 is 27.5 Å². The zero-order valence-corrected chi connectivity index (χ0v) is 13.5. The minimum atomic E-state index is -0.178. The number of nitrogens with one attached hydrogen (secondary N) is 1. The topological polar surface area (TPSA) is 21.3 Å². The molecular formula is C14H19BrClNO. The summed E-state index contributed by atoms with van der Waals surface area (Å²) >= 11 is 9.49. The van der Waals surface area contributed by atoms with Crippen molar-refractivity contribution < 1.29 is 4.74 Å². The van der Waals surface area contributed by atoms with Gasteiger partial charge in [-0.2, -0.15) is 0 Å². The summed E-state index contributed by atoms with van der Waals surface area (Å²) in [6, 6.07) is 6.07. The molecule has 0 amide bonds. The van der Waals surface area contributed by atoms with E-state index in [1.807, 2.05) is 18.2 Å². The summed E-state index contributed by atoms with van der Waals surface area (Å²) < 4.78 is 7.06. The molecule has 1 aliphatic heterocycles. The Morgan fingerprint density at radius 2 is 2.00 bits per heavy atom. The van der Waals surface area contributed by atoms with Gasteiger partial charge in [0.05, 0.1) is 17.2 Å². The molecule has 0 saturated carbocycles. The Balaban J connectivity index is 2.19. The predicted octanol–water partition coefficient (Wildman–Crippen LogP) is 4.86. The molecule has 1 saturated heterocycles. The van der Waals surface area contributed by atoms with Crippen molar-refractivity contribution in [1.82, 2.24) is 0 Å². The van der Waals surface area contributed by atoms with Gasteiger partial charge in [0.25, 0.3) is 0 Å². The van der Waals surface area contributed by atoms with Gasteiger partial charge in [0.15, 0.2) is 0 Å². The SMILES string of the molecule is CC1(C)CC(Nc2ccc(Cl)cc2Br)C(C)(C)O1. The Labute approximate surface area is 122 Å². The van der Waals surface area contributed by atoms with Gasteiger partial charge in [-0.1, -0.05) is 11.6 Å². The minimum Gasteiger partial charge on any atom is -0.378 e. The van der Waals surface area contributed by atoms with E-state index in [1.54, 1.807) is 0 Å². The molecule has 18 heavy (non-hydrogen) atoms. The highest BCUT2D eigenvalue weighted by Gasteiger charge is 2.45. The van der Waals surface area contributed by atoms with Crippen molar-refractivity contribution >= 4 is 33.2 Å². The van der Waals surface area contributed by atoms with Crippen molar-refractivity contribution in [3.8, 4) is 0 Å². The second-order valence-electron chi connectivity index (χ2n) is 5.99. The summed E-state index contributed by atoms with van der Waals surface area (Å²) in [6.45, 7) is 8.52. The van der Waals surface area contributed by atoms with Crippen LogP contribution in [0.3, 0.4) is 0 Å². The first-order chi connectivity index (χ1) is 8.20. The number of hydrogen-bond donors (Lipinski definition) is 1. The van der Waals surface area contributed by atoms with E-state index in [4.69, 9.17) is 16.3 Å². The summed E-state index contributed by atoms with van der Waals surface area (Å²) in [5.74, 6) is 0. The fourth-order valence-electron chi connectivity index (χ4n) is 2.58. The van der Waals surface area contributed by atoms with Crippen LogP contribution in [0.2, 0.25) is 5.02 Å². The average molecular weight is 333 g/mol. The second kappa shape index (κ2) is 4.69. The van der Waals surface area contributed by atoms with Gasteiger partial charge in [-0.25, -0.2) is 0 Å². The fourth-order valence-corrected chi connectivity index (χ4v) is 3.38. The lowest BCUT2D eigenvalue weighted by Crippen LogP contribution is -2.38. The maximum atomic E-state index is 6.08. The van der Waals surface area contributed by atoms with E-state index in [-0.39, 0.29) is 17.2 Å². The second-order valence-corrected chi connectivity index (χ2v) is 7.28. The number of benzene rings is 1. The fraction of sp³-hybridized carbons (Fsp3) is 0.571. The summed E-state index contributed by atoms with van der Waals surface area (Å²) in [4.78, 5) is 0. The molecule has 4 heteroatoms. The van der Waals surface area contributed by atoms with Gasteiger partial charge in [0.2, 0.25) is 0 Å². The van der Waals surface area contributed by atoms with Crippen LogP contribution in [0.5, 0.6) is 0 Å². The van der Waals surface area contributed by atoms with Crippen LogP contribution in [0.15, 0.2) is 22.7 Å². The van der Waals surface area contributed by atoms with Crippen LogP contribution in [0.4, 0.5) is 5.69 Å². The van der Waals surface area contributed by atoms with E-state index in [0.29, 0.717) is 0 Å². The smallest absolute Gasteiger partial charge is 0.0834 e. The van der Waals surface area contributed by atoms with Gasteiger partial charge in [-0.05, 0) is 68.2 Å². The van der Waals surface area contributed by atoms with Gasteiger partial charge in [-0.3, -0.25) is 0 Å². The van der Waals surface area contributed by atoms with E-state index >= 15 is 0 Å². The van der Waals surface area contributed by atoms with Gasteiger partial charge < -0.3 is 10.1 Å². The molecule has 1 atom stereocenters. The zero-order chi connectivity index (χ0) is 13.6. The number of hydrogen-bond acceptors (Lipinski definition) is 2. The molecule has 1 fully saturated rings. The summed E-state index contributed by atoms with van der Waals surface area (Å²) in [5.41, 5.74) is 0.793. The third-order valence-electron chi connectivity index (χ3n) is 3.34. The molecule has 1 N–H and O–H groups in total. The largest absolute Gasteiger partial charge is 0.378 e. The molecule has 100 valence electrons. The predicted molar refractivity (Wildman–Crippen MR) is 80.4 cm³/mol. The van der Waals surface area contributed by atoms with Crippen molar-refractivity contribution in [2.24, 2.45) is 0 Å². The summed E-state index contributed by atoms with van der Waals surface area (Å²) in [6.07, 6.45) is 0.981. The quantitative estimate of drug-likeness (QED) is 0.835. The molecule has 0 aliphatic carbocycles. The van der Waals surface area contributed by atoms with Crippen molar-refractivity contribution in [2.45, 2.75) is 51.4 Å². The first kappa shape index (κ1) is 14.2. The van der Waals surface area contributed by atoms with E-state index < -0.39 is 0 Å². The maximum Gasteiger partial charge on any atom is 0.0834 e. The number of anilines is 1. The van der Waals surface area contributed by atoms with Crippen molar-refractivity contribution in [3.05, 3.63) is 27.7 Å². The number of halogens is 2. The van der Waals surface area contributed by atoms with Crippen LogP contribution in [0.1, 0.15) is 34.1 Å². The molecule has 2 rings (SSSR count). The zero-order valence-electron chi connectivity index (χ0n) is 11.2.